The number of ketones is 1. The summed E-state index contributed by atoms with van der Waals surface area (Å²) in [5.74, 6) is 1.16. The molecule has 0 radical (unpaired) electrons. The molecule has 1 aromatic heterocycles. The zero-order chi connectivity index (χ0) is 15.6. The molecule has 1 fully saturated rings. The molecule has 22 heavy (non-hydrogen) atoms. The topological polar surface area (TPSA) is 82.0 Å². The van der Waals surface area contributed by atoms with Gasteiger partial charge in [0.2, 0.25) is 5.89 Å². The highest BCUT2D eigenvalue weighted by Crippen LogP contribution is 2.34. The Bertz CT molecular complexity index is 655. The van der Waals surface area contributed by atoms with Crippen molar-refractivity contribution in [2.45, 2.75) is 51.0 Å². The number of rotatable bonds is 5. The van der Waals surface area contributed by atoms with Crippen molar-refractivity contribution in [3.05, 3.63) is 47.1 Å². The van der Waals surface area contributed by atoms with Crippen LogP contribution in [0.4, 0.5) is 0 Å². The van der Waals surface area contributed by atoms with Crippen LogP contribution in [0, 0.1) is 6.92 Å². The van der Waals surface area contributed by atoms with Crippen molar-refractivity contribution in [1.82, 2.24) is 10.1 Å². The van der Waals surface area contributed by atoms with Crippen LogP contribution in [-0.4, -0.2) is 15.9 Å². The number of hydrogen-bond donors (Lipinski definition) is 1. The van der Waals surface area contributed by atoms with Crippen LogP contribution in [0.25, 0.3) is 0 Å². The first kappa shape index (κ1) is 14.9. The molecule has 0 unspecified atom stereocenters. The standard InChI is InChI=1S/C17H21N3O2/c1-12-4-6-13(7-5-12)14(21)8-9-15-19-16(20-22-15)17(18)10-2-3-11-17/h4-7H,2-3,8-11,18H2,1H3. The third kappa shape index (κ3) is 3.09. The average molecular weight is 299 g/mol. The smallest absolute Gasteiger partial charge is 0.227 e. The third-order valence-electron chi connectivity index (χ3n) is 4.35. The fourth-order valence-electron chi connectivity index (χ4n) is 2.89. The van der Waals surface area contributed by atoms with Crippen molar-refractivity contribution in [2.24, 2.45) is 5.73 Å². The van der Waals surface area contributed by atoms with Crippen LogP contribution in [-0.2, 0) is 12.0 Å². The SMILES string of the molecule is Cc1ccc(C(=O)CCc2nc(C3(N)CCCC3)no2)cc1. The molecule has 3 rings (SSSR count). The first-order valence-electron chi connectivity index (χ1n) is 7.79. The van der Waals surface area contributed by atoms with E-state index in [2.05, 4.69) is 10.1 Å². The Balaban J connectivity index is 1.61. The van der Waals surface area contributed by atoms with Gasteiger partial charge in [-0.25, -0.2) is 0 Å². The van der Waals surface area contributed by atoms with Crippen molar-refractivity contribution < 1.29 is 9.32 Å². The van der Waals surface area contributed by atoms with Gasteiger partial charge >= 0.3 is 0 Å². The van der Waals surface area contributed by atoms with E-state index in [1.807, 2.05) is 31.2 Å². The van der Waals surface area contributed by atoms with E-state index in [1.165, 1.54) is 0 Å². The summed E-state index contributed by atoms with van der Waals surface area (Å²) in [7, 11) is 0. The Labute approximate surface area is 129 Å². The second-order valence-electron chi connectivity index (χ2n) is 6.16. The first-order valence-corrected chi connectivity index (χ1v) is 7.79. The molecule has 2 N–H and O–H groups in total. The maximum atomic E-state index is 12.1. The molecule has 0 saturated heterocycles. The van der Waals surface area contributed by atoms with Crippen LogP contribution in [0.1, 0.15) is 59.7 Å². The van der Waals surface area contributed by atoms with Crippen LogP contribution in [0.5, 0.6) is 0 Å². The fraction of sp³-hybridized carbons (Fsp3) is 0.471. The van der Waals surface area contributed by atoms with Crippen LogP contribution in [0.15, 0.2) is 28.8 Å². The van der Waals surface area contributed by atoms with Crippen LogP contribution < -0.4 is 5.73 Å². The summed E-state index contributed by atoms with van der Waals surface area (Å²) in [4.78, 5) is 16.5. The predicted molar refractivity (Wildman–Crippen MR) is 82.5 cm³/mol. The number of hydrogen-bond acceptors (Lipinski definition) is 5. The zero-order valence-electron chi connectivity index (χ0n) is 12.8. The molecule has 5 heteroatoms. The molecule has 0 atom stereocenters. The Hall–Kier alpha value is -2.01. The summed E-state index contributed by atoms with van der Waals surface area (Å²) in [5.41, 5.74) is 7.72. The Morgan fingerprint density at radius 1 is 1.27 bits per heavy atom. The average Bonchev–Trinajstić information content (AvgIpc) is 3.15. The van der Waals surface area contributed by atoms with E-state index < -0.39 is 5.54 Å². The second kappa shape index (κ2) is 6.01. The number of carbonyl (C=O) groups is 1. The van der Waals surface area contributed by atoms with Crippen molar-refractivity contribution in [2.75, 3.05) is 0 Å². The highest BCUT2D eigenvalue weighted by molar-refractivity contribution is 5.96. The van der Waals surface area contributed by atoms with Gasteiger partial charge in [-0.1, -0.05) is 47.8 Å². The van der Waals surface area contributed by atoms with Gasteiger partial charge in [0.15, 0.2) is 11.6 Å². The minimum absolute atomic E-state index is 0.0862. The summed E-state index contributed by atoms with van der Waals surface area (Å²) < 4.78 is 5.25. The molecule has 1 saturated carbocycles. The number of aryl methyl sites for hydroxylation is 2. The van der Waals surface area contributed by atoms with E-state index >= 15 is 0 Å². The molecule has 116 valence electrons. The predicted octanol–water partition coefficient (Wildman–Crippen LogP) is 2.92. The Morgan fingerprint density at radius 2 is 1.95 bits per heavy atom. The van der Waals surface area contributed by atoms with Gasteiger partial charge < -0.3 is 10.3 Å². The number of Topliss-reactive ketones (excluding diaryl/α,β-unsaturated/α-hetero) is 1. The van der Waals surface area contributed by atoms with E-state index in [-0.39, 0.29) is 5.78 Å². The molecule has 0 spiro atoms. The van der Waals surface area contributed by atoms with Gasteiger partial charge in [-0.2, -0.15) is 4.98 Å². The van der Waals surface area contributed by atoms with Gasteiger partial charge in [0, 0.05) is 18.4 Å². The lowest BCUT2D eigenvalue weighted by molar-refractivity contribution is 0.0979. The van der Waals surface area contributed by atoms with E-state index in [1.54, 1.807) is 0 Å². The summed E-state index contributed by atoms with van der Waals surface area (Å²) in [6.45, 7) is 2.00. The van der Waals surface area contributed by atoms with Crippen molar-refractivity contribution in [3.63, 3.8) is 0 Å². The van der Waals surface area contributed by atoms with Gasteiger partial charge in [-0.15, -0.1) is 0 Å². The minimum atomic E-state index is -0.442. The molecule has 1 heterocycles. The van der Waals surface area contributed by atoms with Crippen molar-refractivity contribution in [1.29, 1.82) is 0 Å². The van der Waals surface area contributed by atoms with E-state index in [9.17, 15) is 4.79 Å². The van der Waals surface area contributed by atoms with Gasteiger partial charge in [-0.05, 0) is 19.8 Å². The summed E-state index contributed by atoms with van der Waals surface area (Å²) in [6.07, 6.45) is 4.82. The molecule has 5 nitrogen and oxygen atoms in total. The number of aromatic nitrogens is 2. The number of carbonyl (C=O) groups excluding carboxylic acids is 1. The zero-order valence-corrected chi connectivity index (χ0v) is 12.8. The van der Waals surface area contributed by atoms with Gasteiger partial charge in [-0.3, -0.25) is 4.79 Å². The number of benzene rings is 1. The van der Waals surface area contributed by atoms with E-state index in [4.69, 9.17) is 10.3 Å². The van der Waals surface area contributed by atoms with Crippen LogP contribution in [0.3, 0.4) is 0 Å². The van der Waals surface area contributed by atoms with Crippen molar-refractivity contribution in [3.8, 4) is 0 Å². The molecular formula is C17H21N3O2. The lowest BCUT2D eigenvalue weighted by atomic mass is 9.99. The molecule has 1 aromatic carbocycles. The maximum absolute atomic E-state index is 12.1. The van der Waals surface area contributed by atoms with Crippen LogP contribution in [0.2, 0.25) is 0 Å². The maximum Gasteiger partial charge on any atom is 0.227 e. The van der Waals surface area contributed by atoms with E-state index in [0.717, 1.165) is 36.8 Å². The molecule has 0 bridgehead atoms. The fourth-order valence-corrected chi connectivity index (χ4v) is 2.89. The summed E-state index contributed by atoms with van der Waals surface area (Å²) >= 11 is 0. The Kier molecular flexibility index (Phi) is 4.07. The largest absolute Gasteiger partial charge is 0.339 e. The minimum Gasteiger partial charge on any atom is -0.339 e. The highest BCUT2D eigenvalue weighted by Gasteiger charge is 2.35. The van der Waals surface area contributed by atoms with Gasteiger partial charge in [0.25, 0.3) is 0 Å². The lowest BCUT2D eigenvalue weighted by Gasteiger charge is -2.17. The van der Waals surface area contributed by atoms with Gasteiger partial charge in [0.1, 0.15) is 0 Å². The van der Waals surface area contributed by atoms with Gasteiger partial charge in [0.05, 0.1) is 5.54 Å². The molecular weight excluding hydrogens is 278 g/mol. The second-order valence-corrected chi connectivity index (χ2v) is 6.16. The molecule has 1 aliphatic rings. The molecule has 1 aliphatic carbocycles. The van der Waals surface area contributed by atoms with Crippen molar-refractivity contribution >= 4 is 5.78 Å². The quantitative estimate of drug-likeness (QED) is 0.858. The first-order chi connectivity index (χ1) is 10.6. The Morgan fingerprint density at radius 3 is 2.64 bits per heavy atom. The molecule has 0 aliphatic heterocycles. The number of nitrogens with zero attached hydrogens (tertiary/aromatic N) is 2. The monoisotopic (exact) mass is 299 g/mol. The normalized spacial score (nSPS) is 16.8. The molecule has 0 amide bonds. The molecule has 2 aromatic rings. The van der Waals surface area contributed by atoms with Crippen LogP contribution >= 0.6 is 0 Å². The highest BCUT2D eigenvalue weighted by atomic mass is 16.5. The third-order valence-corrected chi connectivity index (χ3v) is 4.35. The summed E-state index contributed by atoms with van der Waals surface area (Å²) in [5, 5.41) is 4.01. The lowest BCUT2D eigenvalue weighted by Crippen LogP contribution is -2.34. The van der Waals surface area contributed by atoms with E-state index in [0.29, 0.717) is 24.6 Å². The summed E-state index contributed by atoms with van der Waals surface area (Å²) in [6, 6.07) is 7.58. The number of nitrogens with two attached hydrogens (primary N) is 1.